The van der Waals surface area contributed by atoms with Crippen LogP contribution in [-0.4, -0.2) is 83.8 Å². The number of alkyl carbamates (subject to hydrolysis) is 1. The summed E-state index contributed by atoms with van der Waals surface area (Å²) in [5, 5.41) is 2.81. The predicted molar refractivity (Wildman–Crippen MR) is 166 cm³/mol. The van der Waals surface area contributed by atoms with E-state index in [2.05, 4.69) is 15.3 Å². The van der Waals surface area contributed by atoms with Crippen molar-refractivity contribution in [1.82, 2.24) is 20.2 Å². The molecule has 2 aliphatic heterocycles. The van der Waals surface area contributed by atoms with E-state index in [4.69, 9.17) is 18.9 Å². The minimum atomic E-state index is -3.49. The predicted octanol–water partition coefficient (Wildman–Crippen LogP) is 4.89. The fraction of sp³-hybridized carbons (Fsp3) is 0.676. The molecule has 0 radical (unpaired) electrons. The van der Waals surface area contributed by atoms with Crippen molar-refractivity contribution in [3.8, 4) is 11.6 Å². The van der Waals surface area contributed by atoms with Gasteiger partial charge in [0.05, 0.1) is 43.9 Å². The molecular formula is C34H44F2N4O7. The smallest absolute Gasteiger partial charge is 0.408 e. The molecule has 2 unspecified atom stereocenters. The largest absolute Gasteiger partial charge is 0.497 e. The first kappa shape index (κ1) is 33.3. The van der Waals surface area contributed by atoms with E-state index in [9.17, 15) is 14.4 Å². The summed E-state index contributed by atoms with van der Waals surface area (Å²) in [6, 6.07) is 2.79. The van der Waals surface area contributed by atoms with Gasteiger partial charge in [0.2, 0.25) is 11.8 Å². The standard InChI is InChI=1S/C34H44F2N4O7/c1-7-20-25(16-41)40-15-26(20)46-29-27(37-23-9-8-19(44-6)13-24(23)38-29)34(35,36)10-11-45-17-22-21-12-18(21)14-33(22,5)47-31(43)39-28(30(40)42)32(2,3)4/h8-9,13,16,18,20-22,25-26,28H,7,10-12,14-15,17H2,1-6H3,(H,39,43)/t18?,20-,21?,22+,25+,26-,28+,33+/m0/s1. The summed E-state index contributed by atoms with van der Waals surface area (Å²) in [7, 11) is 1.49. The lowest BCUT2D eigenvalue weighted by Crippen LogP contribution is -2.57. The normalized spacial score (nSPS) is 34.1. The Morgan fingerprint density at radius 3 is 2.64 bits per heavy atom. The molecule has 2 aliphatic carbocycles. The number of nitrogens with one attached hydrogen (secondary N) is 1. The van der Waals surface area contributed by atoms with E-state index >= 15 is 8.78 Å². The highest BCUT2D eigenvalue weighted by molar-refractivity contribution is 5.89. The molecule has 256 valence electrons. The summed E-state index contributed by atoms with van der Waals surface area (Å²) < 4.78 is 55.7. The summed E-state index contributed by atoms with van der Waals surface area (Å²) >= 11 is 0. The minimum absolute atomic E-state index is 0.0842. The summed E-state index contributed by atoms with van der Waals surface area (Å²) in [5.41, 5.74) is -1.76. The molecule has 2 saturated carbocycles. The second-order valence-corrected chi connectivity index (χ2v) is 14.7. The van der Waals surface area contributed by atoms with Crippen molar-refractivity contribution in [2.24, 2.45) is 29.1 Å². The van der Waals surface area contributed by atoms with Crippen LogP contribution in [-0.2, 0) is 25.0 Å². The van der Waals surface area contributed by atoms with E-state index in [1.165, 1.54) is 12.0 Å². The molecule has 8 atom stereocenters. The molecule has 2 bridgehead atoms. The van der Waals surface area contributed by atoms with Crippen molar-refractivity contribution in [1.29, 1.82) is 0 Å². The maximum Gasteiger partial charge on any atom is 0.408 e. The van der Waals surface area contributed by atoms with Crippen molar-refractivity contribution in [3.63, 3.8) is 0 Å². The molecular weight excluding hydrogens is 614 g/mol. The molecule has 1 N–H and O–H groups in total. The molecule has 1 saturated heterocycles. The SMILES string of the molecule is CC[C@@H]1[C@@H]2CN(C(=O)[C@H](C(C)(C)C)NC(=O)O[C@]3(C)CC4CC4[C@H]3COCCC(F)(F)c3nc4ccc(OC)cc4nc3O2)[C@@H]1C=O. The van der Waals surface area contributed by atoms with E-state index in [0.717, 1.165) is 6.42 Å². The molecule has 3 heterocycles. The zero-order valence-electron chi connectivity index (χ0n) is 27.8. The van der Waals surface area contributed by atoms with Gasteiger partial charge in [0, 0.05) is 24.3 Å². The fourth-order valence-electron chi connectivity index (χ4n) is 7.79. The maximum atomic E-state index is 16.1. The molecule has 2 amide bonds. The molecule has 3 fully saturated rings. The van der Waals surface area contributed by atoms with E-state index in [1.807, 2.05) is 34.6 Å². The van der Waals surface area contributed by atoms with Crippen LogP contribution in [0.3, 0.4) is 0 Å². The van der Waals surface area contributed by atoms with Crippen LogP contribution >= 0.6 is 0 Å². The van der Waals surface area contributed by atoms with E-state index in [-0.39, 0.29) is 43.0 Å². The molecule has 0 spiro atoms. The molecule has 4 aliphatic rings. The van der Waals surface area contributed by atoms with Crippen LogP contribution in [0.25, 0.3) is 11.0 Å². The topological polar surface area (TPSA) is 129 Å². The highest BCUT2D eigenvalue weighted by Crippen LogP contribution is 2.61. The zero-order valence-corrected chi connectivity index (χ0v) is 27.8. The number of carbonyl (C=O) groups is 3. The van der Waals surface area contributed by atoms with Gasteiger partial charge in [-0.15, -0.1) is 0 Å². The third-order valence-electron chi connectivity index (χ3n) is 10.5. The number of ether oxygens (including phenoxy) is 4. The first-order chi connectivity index (χ1) is 22.2. The molecule has 13 heteroatoms. The van der Waals surface area contributed by atoms with E-state index in [1.54, 1.807) is 18.2 Å². The number of aldehydes is 1. The first-order valence-corrected chi connectivity index (χ1v) is 16.4. The number of hydrogen-bond acceptors (Lipinski definition) is 9. The van der Waals surface area contributed by atoms with Crippen molar-refractivity contribution >= 4 is 29.3 Å². The molecule has 47 heavy (non-hydrogen) atoms. The number of hydrogen-bond donors (Lipinski definition) is 1. The lowest BCUT2D eigenvalue weighted by Gasteiger charge is -2.37. The molecule has 11 nitrogen and oxygen atoms in total. The molecule has 1 aromatic heterocycles. The van der Waals surface area contributed by atoms with Gasteiger partial charge in [-0.05, 0) is 55.6 Å². The van der Waals surface area contributed by atoms with Crippen LogP contribution in [0, 0.1) is 29.1 Å². The number of nitrogens with zero attached hydrogens (tertiary/aromatic N) is 3. The Labute approximate surface area is 273 Å². The number of carbonyl (C=O) groups excluding carboxylic acids is 3. The number of aromatic nitrogens is 2. The van der Waals surface area contributed by atoms with Gasteiger partial charge in [-0.2, -0.15) is 8.78 Å². The Kier molecular flexibility index (Phi) is 8.59. The summed E-state index contributed by atoms with van der Waals surface area (Å²) in [5.74, 6) is -3.98. The van der Waals surface area contributed by atoms with Gasteiger partial charge in [-0.25, -0.2) is 14.8 Å². The highest BCUT2D eigenvalue weighted by Gasteiger charge is 2.61. The molecule has 2 aromatic rings. The maximum absolute atomic E-state index is 16.1. The quantitative estimate of drug-likeness (QED) is 0.459. The first-order valence-electron chi connectivity index (χ1n) is 16.4. The van der Waals surface area contributed by atoms with Gasteiger partial charge in [0.15, 0.2) is 5.69 Å². The number of rotatable bonds is 3. The van der Waals surface area contributed by atoms with E-state index < -0.39 is 65.2 Å². The third-order valence-corrected chi connectivity index (χ3v) is 10.5. The van der Waals surface area contributed by atoms with Crippen molar-refractivity contribution in [2.45, 2.75) is 90.0 Å². The monoisotopic (exact) mass is 658 g/mol. The fourth-order valence-corrected chi connectivity index (χ4v) is 7.79. The van der Waals surface area contributed by atoms with Crippen LogP contribution in [0.15, 0.2) is 18.2 Å². The second kappa shape index (κ2) is 12.1. The lowest BCUT2D eigenvalue weighted by atomic mass is 9.85. The highest BCUT2D eigenvalue weighted by atomic mass is 19.3. The number of alkyl halides is 2. The molecule has 6 rings (SSSR count). The van der Waals surface area contributed by atoms with Crippen LogP contribution in [0.5, 0.6) is 11.6 Å². The van der Waals surface area contributed by atoms with Crippen LogP contribution in [0.1, 0.15) is 66.0 Å². The lowest BCUT2D eigenvalue weighted by molar-refractivity contribution is -0.139. The van der Waals surface area contributed by atoms with Gasteiger partial charge >= 0.3 is 6.09 Å². The number of amides is 2. The van der Waals surface area contributed by atoms with Crippen LogP contribution in [0.2, 0.25) is 0 Å². The summed E-state index contributed by atoms with van der Waals surface area (Å²) in [6.07, 6.45) is 0.385. The van der Waals surface area contributed by atoms with Crippen molar-refractivity contribution in [3.05, 3.63) is 23.9 Å². The average Bonchev–Trinajstić information content (AvgIpc) is 3.56. The summed E-state index contributed by atoms with van der Waals surface area (Å²) in [4.78, 5) is 50.4. The Bertz CT molecular complexity index is 1550. The Balaban J connectivity index is 1.42. The Morgan fingerprint density at radius 1 is 1.19 bits per heavy atom. The van der Waals surface area contributed by atoms with Gasteiger partial charge in [-0.1, -0.05) is 27.7 Å². The number of methoxy groups -OCH3 is 1. The van der Waals surface area contributed by atoms with Crippen molar-refractivity contribution in [2.75, 3.05) is 26.9 Å². The number of halogens is 2. The van der Waals surface area contributed by atoms with Crippen LogP contribution in [0.4, 0.5) is 13.6 Å². The average molecular weight is 659 g/mol. The van der Waals surface area contributed by atoms with E-state index in [0.29, 0.717) is 36.3 Å². The Morgan fingerprint density at radius 2 is 1.96 bits per heavy atom. The molecule has 1 aromatic carbocycles. The third kappa shape index (κ3) is 6.23. The van der Waals surface area contributed by atoms with Gasteiger partial charge < -0.3 is 34.0 Å². The minimum Gasteiger partial charge on any atom is -0.497 e. The van der Waals surface area contributed by atoms with Gasteiger partial charge in [-0.3, -0.25) is 4.79 Å². The van der Waals surface area contributed by atoms with Gasteiger partial charge in [0.1, 0.15) is 29.8 Å². The van der Waals surface area contributed by atoms with Gasteiger partial charge in [0.25, 0.3) is 5.92 Å². The summed E-state index contributed by atoms with van der Waals surface area (Å²) in [6.45, 7) is 8.92. The second-order valence-electron chi connectivity index (χ2n) is 14.7. The van der Waals surface area contributed by atoms with Crippen molar-refractivity contribution < 1.29 is 42.1 Å². The number of fused-ring (bicyclic) bond motifs is 7. The number of benzene rings is 1. The van der Waals surface area contributed by atoms with Crippen LogP contribution < -0.4 is 14.8 Å². The Hall–Kier alpha value is -3.61. The zero-order chi connectivity index (χ0) is 33.9.